The van der Waals surface area contributed by atoms with Gasteiger partial charge in [-0.1, -0.05) is 30.3 Å². The van der Waals surface area contributed by atoms with Crippen LogP contribution in [0.2, 0.25) is 0 Å². The number of imidazole rings is 1. The van der Waals surface area contributed by atoms with Crippen LogP contribution in [0.3, 0.4) is 0 Å². The number of nitrogens with zero attached hydrogens (tertiary/aromatic N) is 2. The van der Waals surface area contributed by atoms with Gasteiger partial charge in [-0.05, 0) is 44.0 Å². The lowest BCUT2D eigenvalue weighted by Crippen LogP contribution is -2.20. The van der Waals surface area contributed by atoms with E-state index in [2.05, 4.69) is 20.9 Å². The van der Waals surface area contributed by atoms with Crippen LogP contribution in [-0.2, 0) is 11.3 Å². The Labute approximate surface area is 147 Å². The third-order valence-electron chi connectivity index (χ3n) is 4.18. The molecule has 3 aromatic rings. The number of rotatable bonds is 9. The average Bonchev–Trinajstić information content (AvgIpc) is 3.01. The summed E-state index contributed by atoms with van der Waals surface area (Å²) < 4.78 is 7.94. The van der Waals surface area contributed by atoms with E-state index in [-0.39, 0.29) is 6.04 Å². The predicted octanol–water partition coefficient (Wildman–Crippen LogP) is 3.70. The van der Waals surface area contributed by atoms with Crippen molar-refractivity contribution in [2.45, 2.75) is 32.4 Å². The Morgan fingerprint density at radius 2 is 1.88 bits per heavy atom. The molecule has 1 N–H and O–H groups in total. The van der Waals surface area contributed by atoms with Crippen molar-refractivity contribution in [3.8, 4) is 5.75 Å². The third kappa shape index (κ3) is 4.18. The van der Waals surface area contributed by atoms with Gasteiger partial charge in [0.05, 0.1) is 23.7 Å². The SMILES string of the molecule is C[C@@H](NC=O)c1nc2ccccc2n1CCCCOc1ccccc1. The van der Waals surface area contributed by atoms with Gasteiger partial charge in [-0.3, -0.25) is 4.79 Å². The molecule has 0 bridgehead atoms. The van der Waals surface area contributed by atoms with Crippen molar-refractivity contribution < 1.29 is 9.53 Å². The molecule has 0 radical (unpaired) electrons. The van der Waals surface area contributed by atoms with Gasteiger partial charge in [0.1, 0.15) is 11.6 Å². The van der Waals surface area contributed by atoms with Gasteiger partial charge in [0, 0.05) is 6.54 Å². The van der Waals surface area contributed by atoms with Gasteiger partial charge >= 0.3 is 0 Å². The minimum Gasteiger partial charge on any atom is -0.494 e. The number of para-hydroxylation sites is 3. The molecule has 0 saturated heterocycles. The summed E-state index contributed by atoms with van der Waals surface area (Å²) in [6, 6.07) is 17.8. The van der Waals surface area contributed by atoms with E-state index < -0.39 is 0 Å². The van der Waals surface area contributed by atoms with Crippen LogP contribution in [0, 0.1) is 0 Å². The molecule has 25 heavy (non-hydrogen) atoms. The quantitative estimate of drug-likeness (QED) is 0.478. The summed E-state index contributed by atoms with van der Waals surface area (Å²) in [6.07, 6.45) is 2.66. The predicted molar refractivity (Wildman–Crippen MR) is 98.5 cm³/mol. The van der Waals surface area contributed by atoms with Crippen molar-refractivity contribution in [2.24, 2.45) is 0 Å². The molecule has 5 nitrogen and oxygen atoms in total. The fourth-order valence-electron chi connectivity index (χ4n) is 2.92. The summed E-state index contributed by atoms with van der Waals surface area (Å²) in [5.74, 6) is 1.79. The Morgan fingerprint density at radius 3 is 2.68 bits per heavy atom. The lowest BCUT2D eigenvalue weighted by molar-refractivity contribution is -0.110. The molecule has 1 amide bonds. The van der Waals surface area contributed by atoms with E-state index >= 15 is 0 Å². The number of carbonyl (C=O) groups excluding carboxylic acids is 1. The molecule has 0 aliphatic carbocycles. The Balaban J connectivity index is 1.63. The highest BCUT2D eigenvalue weighted by atomic mass is 16.5. The maximum atomic E-state index is 10.8. The monoisotopic (exact) mass is 337 g/mol. The number of benzene rings is 2. The van der Waals surface area contributed by atoms with E-state index in [0.29, 0.717) is 6.61 Å². The van der Waals surface area contributed by atoms with Gasteiger partial charge in [0.2, 0.25) is 6.41 Å². The topological polar surface area (TPSA) is 56.2 Å². The molecule has 0 unspecified atom stereocenters. The van der Waals surface area contributed by atoms with Gasteiger partial charge in [-0.25, -0.2) is 4.98 Å². The van der Waals surface area contributed by atoms with E-state index in [0.717, 1.165) is 48.4 Å². The maximum absolute atomic E-state index is 10.8. The summed E-state index contributed by atoms with van der Waals surface area (Å²) >= 11 is 0. The Bertz CT molecular complexity index is 814. The molecule has 0 aliphatic heterocycles. The van der Waals surface area contributed by atoms with Crippen LogP contribution in [-0.4, -0.2) is 22.6 Å². The highest BCUT2D eigenvalue weighted by Crippen LogP contribution is 2.21. The van der Waals surface area contributed by atoms with Crippen LogP contribution in [0.1, 0.15) is 31.6 Å². The summed E-state index contributed by atoms with van der Waals surface area (Å²) in [6.45, 7) is 3.48. The smallest absolute Gasteiger partial charge is 0.207 e. The first kappa shape index (κ1) is 17.0. The summed E-state index contributed by atoms with van der Waals surface area (Å²) in [7, 11) is 0. The number of amides is 1. The van der Waals surface area contributed by atoms with E-state index in [1.165, 1.54) is 0 Å². The second kappa shape index (κ2) is 8.33. The van der Waals surface area contributed by atoms with Crippen molar-refractivity contribution >= 4 is 17.4 Å². The minimum atomic E-state index is -0.120. The van der Waals surface area contributed by atoms with Crippen LogP contribution in [0.25, 0.3) is 11.0 Å². The molecule has 3 rings (SSSR count). The third-order valence-corrected chi connectivity index (χ3v) is 4.18. The molecule has 5 heteroatoms. The lowest BCUT2D eigenvalue weighted by atomic mass is 10.2. The van der Waals surface area contributed by atoms with Crippen molar-refractivity contribution in [1.82, 2.24) is 14.9 Å². The highest BCUT2D eigenvalue weighted by Gasteiger charge is 2.15. The second-order valence-corrected chi connectivity index (χ2v) is 5.99. The molecular formula is C20H23N3O2. The van der Waals surface area contributed by atoms with Crippen molar-refractivity contribution in [3.05, 3.63) is 60.4 Å². The highest BCUT2D eigenvalue weighted by molar-refractivity contribution is 5.76. The van der Waals surface area contributed by atoms with Crippen LogP contribution in [0.5, 0.6) is 5.75 Å². The van der Waals surface area contributed by atoms with E-state index in [9.17, 15) is 4.79 Å². The van der Waals surface area contributed by atoms with Crippen molar-refractivity contribution in [2.75, 3.05) is 6.61 Å². The summed E-state index contributed by atoms with van der Waals surface area (Å²) in [5.41, 5.74) is 2.05. The number of unbranched alkanes of at least 4 members (excludes halogenated alkanes) is 1. The summed E-state index contributed by atoms with van der Waals surface area (Å²) in [4.78, 5) is 15.5. The van der Waals surface area contributed by atoms with Gasteiger partial charge in [0.25, 0.3) is 0 Å². The molecule has 1 heterocycles. The standard InChI is InChI=1S/C20H23N3O2/c1-16(21-15-24)20-22-18-11-5-6-12-19(18)23(20)13-7-8-14-25-17-9-3-2-4-10-17/h2-6,9-12,15-16H,7-8,13-14H2,1H3,(H,21,24)/t16-/m1/s1. The first-order valence-corrected chi connectivity index (χ1v) is 8.62. The number of fused-ring (bicyclic) bond motifs is 1. The van der Waals surface area contributed by atoms with Crippen LogP contribution < -0.4 is 10.1 Å². The largest absolute Gasteiger partial charge is 0.494 e. The van der Waals surface area contributed by atoms with E-state index in [4.69, 9.17) is 4.74 Å². The number of aromatic nitrogens is 2. The fourth-order valence-corrected chi connectivity index (χ4v) is 2.92. The normalized spacial score (nSPS) is 12.0. The number of aryl methyl sites for hydroxylation is 1. The zero-order valence-electron chi connectivity index (χ0n) is 14.4. The number of hydrogen-bond donors (Lipinski definition) is 1. The maximum Gasteiger partial charge on any atom is 0.207 e. The fraction of sp³-hybridized carbons (Fsp3) is 0.300. The van der Waals surface area contributed by atoms with Crippen LogP contribution in [0.4, 0.5) is 0 Å². The molecule has 0 fully saturated rings. The molecular weight excluding hydrogens is 314 g/mol. The molecule has 0 spiro atoms. The molecule has 1 aromatic heterocycles. The first-order chi connectivity index (χ1) is 12.3. The number of carbonyl (C=O) groups is 1. The Kier molecular flexibility index (Phi) is 5.67. The van der Waals surface area contributed by atoms with E-state index in [1.807, 2.05) is 55.5 Å². The Hall–Kier alpha value is -2.82. The number of ether oxygens (including phenoxy) is 1. The summed E-state index contributed by atoms with van der Waals surface area (Å²) in [5, 5.41) is 2.80. The zero-order chi connectivity index (χ0) is 17.5. The second-order valence-electron chi connectivity index (χ2n) is 5.99. The van der Waals surface area contributed by atoms with Gasteiger partial charge in [-0.2, -0.15) is 0 Å². The van der Waals surface area contributed by atoms with E-state index in [1.54, 1.807) is 0 Å². The molecule has 2 aromatic carbocycles. The van der Waals surface area contributed by atoms with Gasteiger partial charge < -0.3 is 14.6 Å². The Morgan fingerprint density at radius 1 is 1.12 bits per heavy atom. The zero-order valence-corrected chi connectivity index (χ0v) is 14.4. The average molecular weight is 337 g/mol. The van der Waals surface area contributed by atoms with Crippen LogP contribution in [0.15, 0.2) is 54.6 Å². The van der Waals surface area contributed by atoms with Crippen molar-refractivity contribution in [1.29, 1.82) is 0 Å². The molecule has 1 atom stereocenters. The molecule has 0 saturated carbocycles. The van der Waals surface area contributed by atoms with Gasteiger partial charge in [-0.15, -0.1) is 0 Å². The minimum absolute atomic E-state index is 0.120. The lowest BCUT2D eigenvalue weighted by Gasteiger charge is -2.14. The van der Waals surface area contributed by atoms with Crippen molar-refractivity contribution in [3.63, 3.8) is 0 Å². The van der Waals surface area contributed by atoms with Crippen LogP contribution >= 0.6 is 0 Å². The number of hydrogen-bond acceptors (Lipinski definition) is 3. The van der Waals surface area contributed by atoms with Gasteiger partial charge in [0.15, 0.2) is 0 Å². The molecule has 130 valence electrons. The first-order valence-electron chi connectivity index (χ1n) is 8.62. The molecule has 0 aliphatic rings. The number of nitrogens with one attached hydrogen (secondary N) is 1.